The fraction of sp³-hybridized carbons (Fsp3) is 0.143. The first-order valence-corrected chi connectivity index (χ1v) is 6.57. The van der Waals surface area contributed by atoms with Crippen LogP contribution in [0.4, 0.5) is 18.9 Å². The fourth-order valence-corrected chi connectivity index (χ4v) is 2.02. The van der Waals surface area contributed by atoms with Crippen molar-refractivity contribution in [2.24, 2.45) is 0 Å². The molecule has 0 fully saturated rings. The predicted octanol–water partition coefficient (Wildman–Crippen LogP) is 4.80. The summed E-state index contributed by atoms with van der Waals surface area (Å²) in [5.41, 5.74) is 0.815. The van der Waals surface area contributed by atoms with Crippen LogP contribution in [0.3, 0.4) is 0 Å². The Bertz CT molecular complexity index is 592. The molecule has 0 aliphatic carbocycles. The minimum atomic E-state index is -2.89. The third kappa shape index (κ3) is 3.90. The van der Waals surface area contributed by atoms with Gasteiger partial charge in [-0.3, -0.25) is 0 Å². The highest BCUT2D eigenvalue weighted by Crippen LogP contribution is 2.23. The second-order valence-electron chi connectivity index (χ2n) is 3.96. The number of ether oxygens (including phenoxy) is 1. The number of alkyl halides is 2. The maximum Gasteiger partial charge on any atom is 0.387 e. The number of rotatable bonds is 5. The number of nitrogens with one attached hydrogen (secondary N) is 1. The average molecular weight is 346 g/mol. The van der Waals surface area contributed by atoms with Gasteiger partial charge in [0.1, 0.15) is 11.6 Å². The van der Waals surface area contributed by atoms with Crippen molar-refractivity contribution < 1.29 is 17.9 Å². The van der Waals surface area contributed by atoms with Crippen LogP contribution < -0.4 is 10.1 Å². The van der Waals surface area contributed by atoms with Crippen molar-refractivity contribution in [2.75, 3.05) is 5.32 Å². The predicted molar refractivity (Wildman–Crippen MR) is 74.5 cm³/mol. The molecule has 0 aromatic heterocycles. The number of anilines is 1. The molecule has 2 aromatic rings. The Kier molecular flexibility index (Phi) is 4.89. The number of halogens is 4. The first kappa shape index (κ1) is 14.7. The fourth-order valence-electron chi connectivity index (χ4n) is 1.68. The maximum absolute atomic E-state index is 13.6. The number of benzene rings is 2. The molecule has 0 bridgehead atoms. The molecule has 0 saturated carbocycles. The van der Waals surface area contributed by atoms with Crippen LogP contribution in [0, 0.1) is 5.82 Å². The zero-order valence-electron chi connectivity index (χ0n) is 10.2. The highest BCUT2D eigenvalue weighted by Gasteiger charge is 2.09. The van der Waals surface area contributed by atoms with Gasteiger partial charge in [0.15, 0.2) is 0 Å². The van der Waals surface area contributed by atoms with E-state index in [1.807, 2.05) is 0 Å². The van der Waals surface area contributed by atoms with E-state index in [0.29, 0.717) is 15.7 Å². The van der Waals surface area contributed by atoms with E-state index in [0.717, 1.165) is 0 Å². The Labute approximate surface area is 122 Å². The highest BCUT2D eigenvalue weighted by molar-refractivity contribution is 9.10. The molecule has 6 heteroatoms. The van der Waals surface area contributed by atoms with E-state index in [2.05, 4.69) is 26.0 Å². The standard InChI is InChI=1S/C14H11BrF3NO/c15-10-5-6-12(11(16)7-10)19-8-9-3-1-2-4-13(9)20-14(17)18/h1-7,14,19H,8H2. The zero-order valence-corrected chi connectivity index (χ0v) is 11.8. The highest BCUT2D eigenvalue weighted by atomic mass is 79.9. The van der Waals surface area contributed by atoms with E-state index in [-0.39, 0.29) is 12.3 Å². The van der Waals surface area contributed by atoms with E-state index in [1.165, 1.54) is 12.1 Å². The molecule has 2 rings (SSSR count). The number of hydrogen-bond donors (Lipinski definition) is 1. The van der Waals surface area contributed by atoms with Gasteiger partial charge in [-0.1, -0.05) is 34.1 Å². The third-order valence-electron chi connectivity index (χ3n) is 2.59. The number of para-hydroxylation sites is 1. The summed E-state index contributed by atoms with van der Waals surface area (Å²) in [5, 5.41) is 2.85. The Morgan fingerprint density at radius 2 is 1.90 bits per heavy atom. The lowest BCUT2D eigenvalue weighted by atomic mass is 10.2. The quantitative estimate of drug-likeness (QED) is 0.840. The van der Waals surface area contributed by atoms with Gasteiger partial charge in [-0.25, -0.2) is 4.39 Å². The largest absolute Gasteiger partial charge is 0.434 e. The lowest BCUT2D eigenvalue weighted by molar-refractivity contribution is -0.0504. The molecular formula is C14H11BrF3NO. The lowest BCUT2D eigenvalue weighted by Gasteiger charge is -2.12. The van der Waals surface area contributed by atoms with Gasteiger partial charge in [-0.15, -0.1) is 0 Å². The Morgan fingerprint density at radius 3 is 2.60 bits per heavy atom. The maximum atomic E-state index is 13.6. The van der Waals surface area contributed by atoms with Gasteiger partial charge in [-0.2, -0.15) is 8.78 Å². The molecule has 0 saturated heterocycles. The van der Waals surface area contributed by atoms with E-state index >= 15 is 0 Å². The third-order valence-corrected chi connectivity index (χ3v) is 3.08. The summed E-state index contributed by atoms with van der Waals surface area (Å²) in [6.07, 6.45) is 0. The minimum Gasteiger partial charge on any atom is -0.434 e. The van der Waals surface area contributed by atoms with E-state index in [9.17, 15) is 13.2 Å². The van der Waals surface area contributed by atoms with E-state index in [4.69, 9.17) is 0 Å². The molecule has 0 heterocycles. The van der Waals surface area contributed by atoms with Gasteiger partial charge >= 0.3 is 6.61 Å². The molecule has 2 aromatic carbocycles. The van der Waals surface area contributed by atoms with Crippen molar-refractivity contribution >= 4 is 21.6 Å². The smallest absolute Gasteiger partial charge is 0.387 e. The van der Waals surface area contributed by atoms with Crippen molar-refractivity contribution in [1.82, 2.24) is 0 Å². The summed E-state index contributed by atoms with van der Waals surface area (Å²) < 4.78 is 43.2. The van der Waals surface area contributed by atoms with Crippen LogP contribution in [0.15, 0.2) is 46.9 Å². The van der Waals surface area contributed by atoms with Gasteiger partial charge in [0.2, 0.25) is 0 Å². The summed E-state index contributed by atoms with van der Waals surface area (Å²) in [6.45, 7) is -2.71. The van der Waals surface area contributed by atoms with Gasteiger partial charge < -0.3 is 10.1 Å². The summed E-state index contributed by atoms with van der Waals surface area (Å²) in [4.78, 5) is 0. The first-order valence-electron chi connectivity index (χ1n) is 5.78. The summed E-state index contributed by atoms with van der Waals surface area (Å²) in [6, 6.07) is 11.0. The second kappa shape index (κ2) is 6.65. The molecule has 0 aliphatic rings. The van der Waals surface area contributed by atoms with Gasteiger partial charge in [0.05, 0.1) is 5.69 Å². The van der Waals surface area contributed by atoms with Crippen molar-refractivity contribution in [3.8, 4) is 5.75 Å². The molecular weight excluding hydrogens is 335 g/mol. The Hall–Kier alpha value is -1.69. The molecule has 0 spiro atoms. The molecule has 0 aliphatic heterocycles. The normalized spacial score (nSPS) is 10.7. The minimum absolute atomic E-state index is 0.0764. The van der Waals surface area contributed by atoms with Crippen LogP contribution in [0.1, 0.15) is 5.56 Å². The van der Waals surface area contributed by atoms with Crippen molar-refractivity contribution in [2.45, 2.75) is 13.2 Å². The molecule has 0 atom stereocenters. The molecule has 1 N–H and O–H groups in total. The summed E-state index contributed by atoms with van der Waals surface area (Å²) >= 11 is 3.16. The molecule has 106 valence electrons. The lowest BCUT2D eigenvalue weighted by Crippen LogP contribution is -2.07. The Balaban J connectivity index is 2.10. The molecule has 0 amide bonds. The zero-order chi connectivity index (χ0) is 14.5. The summed E-state index contributed by atoms with van der Waals surface area (Å²) in [5.74, 6) is -0.348. The SMILES string of the molecule is Fc1cc(Br)ccc1NCc1ccccc1OC(F)F. The van der Waals surface area contributed by atoms with E-state index in [1.54, 1.807) is 30.3 Å². The monoisotopic (exact) mass is 345 g/mol. The molecule has 0 radical (unpaired) electrons. The van der Waals surface area contributed by atoms with Crippen LogP contribution >= 0.6 is 15.9 Å². The van der Waals surface area contributed by atoms with Crippen LogP contribution in [0.25, 0.3) is 0 Å². The first-order chi connectivity index (χ1) is 9.56. The van der Waals surface area contributed by atoms with Crippen LogP contribution in [-0.2, 0) is 6.54 Å². The van der Waals surface area contributed by atoms with E-state index < -0.39 is 12.4 Å². The Morgan fingerprint density at radius 1 is 1.15 bits per heavy atom. The van der Waals surface area contributed by atoms with Gasteiger partial charge in [0.25, 0.3) is 0 Å². The van der Waals surface area contributed by atoms with Crippen LogP contribution in [-0.4, -0.2) is 6.61 Å². The van der Waals surface area contributed by atoms with Gasteiger partial charge in [0, 0.05) is 16.6 Å². The van der Waals surface area contributed by atoms with Gasteiger partial charge in [-0.05, 0) is 24.3 Å². The summed E-state index contributed by atoms with van der Waals surface area (Å²) in [7, 11) is 0. The molecule has 20 heavy (non-hydrogen) atoms. The van der Waals surface area contributed by atoms with Crippen LogP contribution in [0.5, 0.6) is 5.75 Å². The average Bonchev–Trinajstić information content (AvgIpc) is 2.39. The van der Waals surface area contributed by atoms with Crippen molar-refractivity contribution in [1.29, 1.82) is 0 Å². The van der Waals surface area contributed by atoms with Crippen molar-refractivity contribution in [3.05, 3.63) is 58.3 Å². The second-order valence-corrected chi connectivity index (χ2v) is 4.88. The molecule has 0 unspecified atom stereocenters. The molecule has 2 nitrogen and oxygen atoms in total. The van der Waals surface area contributed by atoms with Crippen molar-refractivity contribution in [3.63, 3.8) is 0 Å². The number of hydrogen-bond acceptors (Lipinski definition) is 2. The topological polar surface area (TPSA) is 21.3 Å². The van der Waals surface area contributed by atoms with Crippen LogP contribution in [0.2, 0.25) is 0 Å².